The third-order valence-electron chi connectivity index (χ3n) is 11.8. The van der Waals surface area contributed by atoms with Crippen LogP contribution in [0.2, 0.25) is 0 Å². The van der Waals surface area contributed by atoms with Crippen molar-refractivity contribution in [1.29, 1.82) is 0 Å². The van der Waals surface area contributed by atoms with Crippen LogP contribution in [0.5, 0.6) is 0 Å². The monoisotopic (exact) mass is 916 g/mol. The quantitative estimate of drug-likeness (QED) is 0.0844. The Bertz CT molecular complexity index is 2360. The smallest absolute Gasteiger partial charge is 0.326 e. The molecule has 4 heterocycles. The number of benzene rings is 3. The fourth-order valence-electron chi connectivity index (χ4n) is 8.85. The van der Waals surface area contributed by atoms with Crippen LogP contribution in [0.25, 0.3) is 11.0 Å². The van der Waals surface area contributed by atoms with Crippen molar-refractivity contribution in [1.82, 2.24) is 19.8 Å². The van der Waals surface area contributed by atoms with Gasteiger partial charge in [0.25, 0.3) is 0 Å². The van der Waals surface area contributed by atoms with Crippen LogP contribution in [0.4, 0.5) is 0 Å². The van der Waals surface area contributed by atoms with Gasteiger partial charge in [-0.15, -0.1) is 0 Å². The number of aliphatic hydroxyl groups excluding tert-OH is 1. The molecule has 3 saturated heterocycles. The number of esters is 4. The number of aromatic amines is 1. The number of carbonyl (C=O) groups excluding carboxylic acids is 4. The van der Waals surface area contributed by atoms with E-state index in [-0.39, 0.29) is 43.6 Å². The van der Waals surface area contributed by atoms with Crippen LogP contribution in [0.3, 0.4) is 0 Å². The summed E-state index contributed by atoms with van der Waals surface area (Å²) in [6.07, 6.45) is -4.56. The molecule has 7 rings (SSSR count). The van der Waals surface area contributed by atoms with Crippen molar-refractivity contribution in [2.45, 2.75) is 122 Å². The lowest BCUT2D eigenvalue weighted by molar-refractivity contribution is -0.253. The maximum atomic E-state index is 12.9. The molecule has 0 aliphatic carbocycles. The van der Waals surface area contributed by atoms with Gasteiger partial charge >= 0.3 is 29.6 Å². The zero-order valence-corrected chi connectivity index (χ0v) is 37.7. The maximum Gasteiger partial charge on any atom is 0.326 e. The molecule has 348 valence electrons. The number of thiocarbonyl (C=S) groups is 1. The van der Waals surface area contributed by atoms with Crippen LogP contribution < -0.4 is 11.0 Å². The van der Waals surface area contributed by atoms with Crippen LogP contribution >= 0.6 is 12.2 Å². The van der Waals surface area contributed by atoms with Gasteiger partial charge in [0.1, 0.15) is 18.8 Å². The summed E-state index contributed by atoms with van der Waals surface area (Å²) < 4.78 is 43.2. The van der Waals surface area contributed by atoms with Crippen molar-refractivity contribution < 1.29 is 57.4 Å². The van der Waals surface area contributed by atoms with E-state index in [0.29, 0.717) is 24.5 Å². The minimum Gasteiger partial charge on any atom is -0.463 e. The highest BCUT2D eigenvalue weighted by atomic mass is 32.1. The van der Waals surface area contributed by atoms with Crippen molar-refractivity contribution in [2.75, 3.05) is 26.2 Å². The van der Waals surface area contributed by atoms with E-state index < -0.39 is 60.7 Å². The Morgan fingerprint density at radius 1 is 0.769 bits per heavy atom. The van der Waals surface area contributed by atoms with Crippen LogP contribution in [0, 0.1) is 0 Å². The number of likely N-dealkylation sites (tertiary alicyclic amines) is 1. The molecule has 18 heteroatoms. The lowest BCUT2D eigenvalue weighted by Crippen LogP contribution is -2.62. The number of carbonyl (C=O) groups is 4. The van der Waals surface area contributed by atoms with E-state index in [1.165, 1.54) is 27.7 Å². The summed E-state index contributed by atoms with van der Waals surface area (Å²) >= 11 is 5.72. The first-order chi connectivity index (χ1) is 31.2. The molecule has 0 amide bonds. The van der Waals surface area contributed by atoms with E-state index in [2.05, 4.69) is 15.2 Å². The first-order valence-electron chi connectivity index (χ1n) is 21.8. The average molecular weight is 917 g/mol. The van der Waals surface area contributed by atoms with Crippen LogP contribution in [-0.4, -0.2) is 111 Å². The summed E-state index contributed by atoms with van der Waals surface area (Å²) in [6.45, 7) is 6.99. The lowest BCUT2D eigenvalue weighted by atomic mass is 9.92. The van der Waals surface area contributed by atoms with E-state index in [9.17, 15) is 29.1 Å². The van der Waals surface area contributed by atoms with Gasteiger partial charge in [-0.05, 0) is 41.7 Å². The van der Waals surface area contributed by atoms with E-state index in [1.807, 2.05) is 77.4 Å². The largest absolute Gasteiger partial charge is 0.463 e. The fourth-order valence-corrected chi connectivity index (χ4v) is 9.08. The molecular weight excluding hydrogens is 861 g/mol. The first-order valence-corrected chi connectivity index (χ1v) is 22.2. The summed E-state index contributed by atoms with van der Waals surface area (Å²) in [5, 5.41) is 12.9. The minimum atomic E-state index is -1.28. The van der Waals surface area contributed by atoms with Crippen LogP contribution in [0.1, 0.15) is 94.1 Å². The van der Waals surface area contributed by atoms with E-state index >= 15 is 0 Å². The van der Waals surface area contributed by atoms with E-state index in [1.54, 1.807) is 0 Å². The number of hydrogen-bond donors (Lipinski definition) is 3. The summed E-state index contributed by atoms with van der Waals surface area (Å²) in [4.78, 5) is 67.0. The Morgan fingerprint density at radius 2 is 1.38 bits per heavy atom. The Hall–Kier alpha value is -5.50. The number of aliphatic hydroxyl groups is 1. The van der Waals surface area contributed by atoms with Gasteiger partial charge in [0.2, 0.25) is 0 Å². The highest BCUT2D eigenvalue weighted by Gasteiger charge is 2.52. The van der Waals surface area contributed by atoms with E-state index in [4.69, 9.17) is 45.4 Å². The van der Waals surface area contributed by atoms with Gasteiger partial charge in [0, 0.05) is 78.3 Å². The first kappa shape index (κ1) is 47.5. The van der Waals surface area contributed by atoms with Gasteiger partial charge < -0.3 is 53.5 Å². The molecule has 3 aliphatic heterocycles. The molecule has 3 aromatic carbocycles. The third-order valence-corrected chi connectivity index (χ3v) is 12.1. The van der Waals surface area contributed by atoms with Crippen molar-refractivity contribution >= 4 is 52.1 Å². The normalized spacial score (nSPS) is 25.1. The Labute approximate surface area is 381 Å². The number of ether oxygens (including phenoxy) is 7. The molecule has 0 bridgehead atoms. The van der Waals surface area contributed by atoms with Crippen LogP contribution in [0.15, 0.2) is 77.6 Å². The SMILES string of the molecule is CC(=O)OC[C@H]1O[C@@H](CC(=S)NCc2ccc(C3O[C@H](CN4CCC(n5c(=O)[nH]c6ccccc65)CC4)C[C@H](c4ccc(CO)cc4)O3)cc2)[C@H](OC(C)=O)[C@@H](OC(C)=O)[C@@H]1OC(C)=O. The average Bonchev–Trinajstić information content (AvgIpc) is 3.62. The zero-order valence-electron chi connectivity index (χ0n) is 36.8. The number of hydrogen-bond acceptors (Lipinski definition) is 15. The van der Waals surface area contributed by atoms with Gasteiger partial charge in [-0.1, -0.05) is 72.9 Å². The summed E-state index contributed by atoms with van der Waals surface area (Å²) in [5.74, 6) is -2.73. The van der Waals surface area contributed by atoms with E-state index in [0.717, 1.165) is 59.2 Å². The van der Waals surface area contributed by atoms with Crippen LogP contribution in [-0.2, 0) is 65.5 Å². The third kappa shape index (κ3) is 12.2. The Balaban J connectivity index is 1.00. The molecule has 1 aromatic heterocycles. The summed E-state index contributed by atoms with van der Waals surface area (Å²) in [7, 11) is 0. The number of para-hydroxylation sites is 2. The van der Waals surface area contributed by atoms with Crippen molar-refractivity contribution in [3.63, 3.8) is 0 Å². The molecule has 65 heavy (non-hydrogen) atoms. The Morgan fingerprint density at radius 3 is 2.03 bits per heavy atom. The number of fused-ring (bicyclic) bond motifs is 1. The highest BCUT2D eigenvalue weighted by molar-refractivity contribution is 7.80. The molecule has 3 N–H and O–H groups in total. The number of aromatic nitrogens is 2. The molecule has 0 spiro atoms. The molecule has 17 nitrogen and oxygen atoms in total. The lowest BCUT2D eigenvalue weighted by Gasteiger charge is -2.44. The van der Waals surface area contributed by atoms with Gasteiger partial charge in [-0.25, -0.2) is 4.79 Å². The molecule has 0 saturated carbocycles. The highest BCUT2D eigenvalue weighted by Crippen LogP contribution is 2.39. The van der Waals surface area contributed by atoms with Crippen molar-refractivity contribution in [2.24, 2.45) is 0 Å². The topological polar surface area (TPSA) is 206 Å². The van der Waals surface area contributed by atoms with Gasteiger partial charge in [-0.2, -0.15) is 0 Å². The second kappa shape index (κ2) is 21.7. The van der Waals surface area contributed by atoms with Crippen molar-refractivity contribution in [3.8, 4) is 0 Å². The van der Waals surface area contributed by atoms with Gasteiger partial charge in [0.05, 0.1) is 34.8 Å². The summed E-state index contributed by atoms with van der Waals surface area (Å²) in [6, 6.07) is 23.4. The van der Waals surface area contributed by atoms with Crippen molar-refractivity contribution in [3.05, 3.63) is 106 Å². The van der Waals surface area contributed by atoms with Gasteiger partial charge in [0.15, 0.2) is 24.6 Å². The number of H-pyrrole nitrogens is 1. The zero-order chi connectivity index (χ0) is 46.2. The number of nitrogens with zero attached hydrogens (tertiary/aromatic N) is 2. The number of imidazole rings is 1. The number of piperidine rings is 1. The number of rotatable bonds is 15. The molecule has 3 fully saturated rings. The fraction of sp³-hybridized carbons (Fsp3) is 0.489. The molecular formula is C47H56N4O13S. The molecule has 3 aliphatic rings. The second-order valence-electron chi connectivity index (χ2n) is 16.7. The molecule has 0 radical (unpaired) electrons. The second-order valence-corrected chi connectivity index (χ2v) is 17.2. The Kier molecular flexibility index (Phi) is 15.8. The molecule has 4 aromatic rings. The maximum absolute atomic E-state index is 12.9. The predicted molar refractivity (Wildman–Crippen MR) is 238 cm³/mol. The minimum absolute atomic E-state index is 0.0114. The standard InChI is InChI=1S/C47H56N4O13S/c1-27(53)58-26-41-44(60-29(3)55)45(61-30(4)56)43(59-28(2)54)40(63-41)22-42(65)48-23-31-9-15-34(16-10-31)46-62-36(21-39(64-46)33-13-11-32(25-52)12-14-33)24-50-19-17-35(18-20-50)51-38-8-6-5-7-37(38)49-47(51)57/h5-16,35-36,39-41,43-46,52H,17-26H2,1-4H3,(H,48,65)(H,49,57)/t36-,39+,40-,41+,43-,44+,45+,46?/m0/s1. The number of nitrogens with one attached hydrogen (secondary N) is 2. The molecule has 8 atom stereocenters. The predicted octanol–water partition coefficient (Wildman–Crippen LogP) is 4.64. The summed E-state index contributed by atoms with van der Waals surface area (Å²) in [5.41, 5.74) is 5.20. The molecule has 1 unspecified atom stereocenters. The van der Waals surface area contributed by atoms with Gasteiger partial charge in [-0.3, -0.25) is 23.7 Å².